The van der Waals surface area contributed by atoms with Crippen LogP contribution in [0.1, 0.15) is 51.4 Å². The third-order valence-electron chi connectivity index (χ3n) is 7.92. The van der Waals surface area contributed by atoms with Crippen molar-refractivity contribution in [3.05, 3.63) is 0 Å². The predicted molar refractivity (Wildman–Crippen MR) is 98.5 cm³/mol. The van der Waals surface area contributed by atoms with E-state index >= 15 is 0 Å². The number of rotatable bonds is 2. The van der Waals surface area contributed by atoms with E-state index < -0.39 is 0 Å². The van der Waals surface area contributed by atoms with Gasteiger partial charge in [-0.2, -0.15) is 0 Å². The second-order valence-electron chi connectivity index (χ2n) is 9.27. The standard InChI is InChI=1S/C20H34N4O/c25-20(21-17-5-7-22-6-1-2-18(22)14-17)24-10-8-23(9-11-24)19-13-15-3-4-16(19)12-15/h15-19H,1-14H2,(H,21,25)/t15-,16-,17+,18-,19+/m0/s1. The Morgan fingerprint density at radius 2 is 1.68 bits per heavy atom. The summed E-state index contributed by atoms with van der Waals surface area (Å²) < 4.78 is 0. The molecule has 5 heteroatoms. The third kappa shape index (κ3) is 3.18. The fourth-order valence-electron chi connectivity index (χ4n) is 6.54. The Bertz CT molecular complexity index is 504. The summed E-state index contributed by atoms with van der Waals surface area (Å²) in [7, 11) is 0. The van der Waals surface area contributed by atoms with E-state index in [4.69, 9.17) is 0 Å². The molecule has 3 saturated heterocycles. The van der Waals surface area contributed by atoms with Crippen molar-refractivity contribution >= 4 is 6.03 Å². The van der Waals surface area contributed by atoms with Gasteiger partial charge in [0.15, 0.2) is 0 Å². The number of carbonyl (C=O) groups excluding carboxylic acids is 1. The lowest BCUT2D eigenvalue weighted by atomic mass is 9.93. The van der Waals surface area contributed by atoms with Gasteiger partial charge < -0.3 is 15.1 Å². The van der Waals surface area contributed by atoms with E-state index in [1.807, 2.05) is 0 Å². The first-order valence-electron chi connectivity index (χ1n) is 10.8. The lowest BCUT2D eigenvalue weighted by molar-refractivity contribution is 0.0801. The number of hydrogen-bond acceptors (Lipinski definition) is 3. The molecular formula is C20H34N4O. The SMILES string of the molecule is O=C(N[C@@H]1CCN2CCC[C@H]2C1)N1CCN([C@@H]2C[C@H]3CC[C@H]2C3)CC1. The molecule has 0 aromatic rings. The third-order valence-corrected chi connectivity index (χ3v) is 7.92. The lowest BCUT2D eigenvalue weighted by Crippen LogP contribution is -2.57. The van der Waals surface area contributed by atoms with Crippen LogP contribution >= 0.6 is 0 Å². The molecule has 0 aromatic heterocycles. The van der Waals surface area contributed by atoms with E-state index in [0.29, 0.717) is 6.04 Å². The van der Waals surface area contributed by atoms with Gasteiger partial charge in [0.1, 0.15) is 0 Å². The van der Waals surface area contributed by atoms with Gasteiger partial charge in [-0.1, -0.05) is 6.42 Å². The first-order valence-corrected chi connectivity index (χ1v) is 10.8. The average Bonchev–Trinajstić information content (AvgIpc) is 3.38. The first-order chi connectivity index (χ1) is 12.3. The maximum atomic E-state index is 12.7. The van der Waals surface area contributed by atoms with E-state index in [1.54, 1.807) is 0 Å². The number of piperidine rings is 1. The quantitative estimate of drug-likeness (QED) is 0.832. The summed E-state index contributed by atoms with van der Waals surface area (Å²) in [5.41, 5.74) is 0. The molecule has 1 N–H and O–H groups in total. The molecule has 5 nitrogen and oxygen atoms in total. The Morgan fingerprint density at radius 3 is 2.44 bits per heavy atom. The molecule has 5 rings (SSSR count). The Morgan fingerprint density at radius 1 is 0.800 bits per heavy atom. The minimum atomic E-state index is 0.198. The Balaban J connectivity index is 1.09. The van der Waals surface area contributed by atoms with Crippen LogP contribution < -0.4 is 5.32 Å². The number of carbonyl (C=O) groups is 1. The molecule has 5 aliphatic rings. The fraction of sp³-hybridized carbons (Fsp3) is 0.950. The van der Waals surface area contributed by atoms with E-state index in [1.165, 1.54) is 51.6 Å². The zero-order chi connectivity index (χ0) is 16.8. The summed E-state index contributed by atoms with van der Waals surface area (Å²) in [4.78, 5) is 20.1. The molecule has 5 fully saturated rings. The smallest absolute Gasteiger partial charge is 0.317 e. The second-order valence-corrected chi connectivity index (χ2v) is 9.27. The molecule has 2 bridgehead atoms. The van der Waals surface area contributed by atoms with Gasteiger partial charge in [-0.05, 0) is 63.3 Å². The number of urea groups is 1. The Labute approximate surface area is 152 Å². The van der Waals surface area contributed by atoms with Crippen LogP contribution in [0.3, 0.4) is 0 Å². The number of nitrogens with zero attached hydrogens (tertiary/aromatic N) is 3. The topological polar surface area (TPSA) is 38.8 Å². The van der Waals surface area contributed by atoms with Gasteiger partial charge in [0.2, 0.25) is 0 Å². The summed E-state index contributed by atoms with van der Waals surface area (Å²) in [5, 5.41) is 3.35. The van der Waals surface area contributed by atoms with Gasteiger partial charge in [-0.3, -0.25) is 4.90 Å². The van der Waals surface area contributed by atoms with Crippen LogP contribution in [0.4, 0.5) is 4.79 Å². The molecule has 0 radical (unpaired) electrons. The van der Waals surface area contributed by atoms with Crippen molar-refractivity contribution in [2.24, 2.45) is 11.8 Å². The lowest BCUT2D eigenvalue weighted by Gasteiger charge is -2.42. The van der Waals surface area contributed by atoms with Gasteiger partial charge in [0.25, 0.3) is 0 Å². The van der Waals surface area contributed by atoms with Gasteiger partial charge in [-0.15, -0.1) is 0 Å². The fourth-order valence-corrected chi connectivity index (χ4v) is 6.54. The minimum Gasteiger partial charge on any atom is -0.335 e. The normalized spacial score (nSPS) is 41.9. The van der Waals surface area contributed by atoms with Crippen molar-refractivity contribution in [2.45, 2.75) is 69.5 Å². The number of fused-ring (bicyclic) bond motifs is 3. The maximum absolute atomic E-state index is 12.7. The largest absolute Gasteiger partial charge is 0.335 e. The van der Waals surface area contributed by atoms with Gasteiger partial charge >= 0.3 is 6.03 Å². The molecule has 3 aliphatic heterocycles. The van der Waals surface area contributed by atoms with Crippen LogP contribution in [-0.2, 0) is 0 Å². The first kappa shape index (κ1) is 16.4. The molecule has 140 valence electrons. The molecule has 25 heavy (non-hydrogen) atoms. The van der Waals surface area contributed by atoms with Gasteiger partial charge in [-0.25, -0.2) is 4.79 Å². The van der Waals surface area contributed by atoms with Crippen LogP contribution in [0.15, 0.2) is 0 Å². The highest BCUT2D eigenvalue weighted by Gasteiger charge is 2.43. The van der Waals surface area contributed by atoms with Crippen LogP contribution in [0.5, 0.6) is 0 Å². The average molecular weight is 347 g/mol. The van der Waals surface area contributed by atoms with E-state index in [-0.39, 0.29) is 6.03 Å². The molecule has 3 heterocycles. The molecule has 2 aliphatic carbocycles. The molecule has 2 amide bonds. The predicted octanol–water partition coefficient (Wildman–Crippen LogP) is 2.13. The summed E-state index contributed by atoms with van der Waals surface area (Å²) in [5.74, 6) is 1.97. The zero-order valence-electron chi connectivity index (χ0n) is 15.5. The Kier molecular flexibility index (Phi) is 4.41. The van der Waals surface area contributed by atoms with Crippen LogP contribution in [-0.4, -0.2) is 78.1 Å². The minimum absolute atomic E-state index is 0.198. The van der Waals surface area contributed by atoms with E-state index in [2.05, 4.69) is 20.0 Å². The summed E-state index contributed by atoms with van der Waals surface area (Å²) in [6, 6.07) is 2.16. The van der Waals surface area contributed by atoms with E-state index in [0.717, 1.165) is 62.9 Å². The van der Waals surface area contributed by atoms with Gasteiger partial charge in [0, 0.05) is 50.8 Å². The van der Waals surface area contributed by atoms with Crippen LogP contribution in [0, 0.1) is 11.8 Å². The van der Waals surface area contributed by atoms with Crippen molar-refractivity contribution in [3.63, 3.8) is 0 Å². The highest BCUT2D eigenvalue weighted by Crippen LogP contribution is 2.46. The van der Waals surface area contributed by atoms with E-state index in [9.17, 15) is 4.79 Å². The van der Waals surface area contributed by atoms with Gasteiger partial charge in [0.05, 0.1) is 0 Å². The second kappa shape index (κ2) is 6.73. The van der Waals surface area contributed by atoms with Crippen molar-refractivity contribution in [3.8, 4) is 0 Å². The molecule has 0 aromatic carbocycles. The molecule has 2 saturated carbocycles. The summed E-state index contributed by atoms with van der Waals surface area (Å²) in [6.07, 6.45) is 10.8. The van der Waals surface area contributed by atoms with Crippen molar-refractivity contribution in [2.75, 3.05) is 39.3 Å². The summed E-state index contributed by atoms with van der Waals surface area (Å²) >= 11 is 0. The highest BCUT2D eigenvalue weighted by atomic mass is 16.2. The van der Waals surface area contributed by atoms with Crippen LogP contribution in [0.2, 0.25) is 0 Å². The molecule has 0 unspecified atom stereocenters. The number of nitrogens with one attached hydrogen (secondary N) is 1. The van der Waals surface area contributed by atoms with Crippen molar-refractivity contribution < 1.29 is 4.79 Å². The van der Waals surface area contributed by atoms with Crippen molar-refractivity contribution in [1.29, 1.82) is 0 Å². The van der Waals surface area contributed by atoms with Crippen molar-refractivity contribution in [1.82, 2.24) is 20.0 Å². The number of amides is 2. The Hall–Kier alpha value is -0.810. The molecular weight excluding hydrogens is 312 g/mol. The molecule has 5 atom stereocenters. The number of hydrogen-bond donors (Lipinski definition) is 1. The monoisotopic (exact) mass is 346 g/mol. The number of piperazine rings is 1. The summed E-state index contributed by atoms with van der Waals surface area (Å²) in [6.45, 7) is 6.46. The zero-order valence-corrected chi connectivity index (χ0v) is 15.5. The maximum Gasteiger partial charge on any atom is 0.317 e. The molecule has 0 spiro atoms. The highest BCUT2D eigenvalue weighted by molar-refractivity contribution is 5.74. The van der Waals surface area contributed by atoms with Crippen LogP contribution in [0.25, 0.3) is 0 Å².